The lowest BCUT2D eigenvalue weighted by molar-refractivity contribution is -0.132. The second kappa shape index (κ2) is 7.04. The van der Waals surface area contributed by atoms with E-state index in [9.17, 15) is 4.79 Å². The van der Waals surface area contributed by atoms with E-state index < -0.39 is 6.04 Å². The van der Waals surface area contributed by atoms with Crippen LogP contribution < -0.4 is 5.73 Å². The molecule has 1 atom stereocenters. The van der Waals surface area contributed by atoms with Crippen LogP contribution in [0.5, 0.6) is 0 Å². The second-order valence-corrected chi connectivity index (χ2v) is 8.13. The Morgan fingerprint density at radius 2 is 2.09 bits per heavy atom. The molecule has 0 aromatic carbocycles. The van der Waals surface area contributed by atoms with E-state index in [1.807, 2.05) is 27.2 Å². The number of thioether (sulfide) groups is 1. The number of nitrogens with one attached hydrogen (secondary N) is 1. The van der Waals surface area contributed by atoms with Gasteiger partial charge in [-0.15, -0.1) is 0 Å². The lowest BCUT2D eigenvalue weighted by Gasteiger charge is -2.31. The summed E-state index contributed by atoms with van der Waals surface area (Å²) in [5.41, 5.74) is 9.73. The highest BCUT2D eigenvalue weighted by atomic mass is 32.2. The van der Waals surface area contributed by atoms with Gasteiger partial charge in [-0.3, -0.25) is 9.89 Å². The molecule has 124 valence electrons. The Labute approximate surface area is 137 Å². The van der Waals surface area contributed by atoms with E-state index >= 15 is 0 Å². The first-order chi connectivity index (χ1) is 10.4. The topological polar surface area (TPSA) is 75.0 Å². The first kappa shape index (κ1) is 17.3. The molecule has 0 aliphatic heterocycles. The number of carbonyl (C=O) groups excluding carboxylic acids is 1. The van der Waals surface area contributed by atoms with E-state index in [4.69, 9.17) is 5.73 Å². The molecular formula is C16H28N4OS. The average molecular weight is 324 g/mol. The van der Waals surface area contributed by atoms with Crippen molar-refractivity contribution in [3.8, 4) is 0 Å². The van der Waals surface area contributed by atoms with Crippen molar-refractivity contribution in [2.75, 3.05) is 13.3 Å². The zero-order valence-electron chi connectivity index (χ0n) is 14.1. The fraction of sp³-hybridized carbons (Fsp3) is 0.750. The summed E-state index contributed by atoms with van der Waals surface area (Å²) in [6.07, 6.45) is 7.81. The predicted molar refractivity (Wildman–Crippen MR) is 91.9 cm³/mol. The monoisotopic (exact) mass is 324 g/mol. The highest BCUT2D eigenvalue weighted by Crippen LogP contribution is 2.26. The number of aromatic amines is 1. The summed E-state index contributed by atoms with van der Waals surface area (Å²) in [6.45, 7) is 4.55. The smallest absolute Gasteiger partial charge is 0.240 e. The quantitative estimate of drug-likeness (QED) is 0.814. The van der Waals surface area contributed by atoms with Crippen molar-refractivity contribution in [3.05, 3.63) is 17.0 Å². The molecule has 6 heteroatoms. The SMILES string of the molecule is CSC(C)(C)[C@H](N)C(=O)N(C)Cc1n[nH]c2c1CCCCC2. The van der Waals surface area contributed by atoms with Crippen LogP contribution in [0.25, 0.3) is 0 Å². The molecule has 3 N–H and O–H groups in total. The lowest BCUT2D eigenvalue weighted by atomic mass is 10.0. The van der Waals surface area contributed by atoms with E-state index in [0.717, 1.165) is 18.5 Å². The zero-order valence-corrected chi connectivity index (χ0v) is 14.9. The van der Waals surface area contributed by atoms with E-state index in [0.29, 0.717) is 6.54 Å². The molecular weight excluding hydrogens is 296 g/mol. The van der Waals surface area contributed by atoms with Gasteiger partial charge in [0, 0.05) is 17.5 Å². The summed E-state index contributed by atoms with van der Waals surface area (Å²) in [6, 6.07) is -0.509. The molecule has 0 saturated heterocycles. The number of amides is 1. The van der Waals surface area contributed by atoms with E-state index in [1.165, 1.54) is 30.5 Å². The number of hydrogen-bond donors (Lipinski definition) is 2. The average Bonchev–Trinajstić information content (AvgIpc) is 2.73. The van der Waals surface area contributed by atoms with Gasteiger partial charge in [-0.1, -0.05) is 6.42 Å². The van der Waals surface area contributed by atoms with Gasteiger partial charge in [-0.2, -0.15) is 16.9 Å². The first-order valence-corrected chi connectivity index (χ1v) is 9.20. The number of aromatic nitrogens is 2. The molecule has 1 aromatic rings. The Morgan fingerprint density at radius 1 is 1.41 bits per heavy atom. The van der Waals surface area contributed by atoms with Crippen LogP contribution in [0.1, 0.15) is 50.1 Å². The van der Waals surface area contributed by atoms with E-state index in [1.54, 1.807) is 16.7 Å². The fourth-order valence-corrected chi connectivity index (χ4v) is 3.18. The second-order valence-electron chi connectivity index (χ2n) is 6.67. The number of rotatable bonds is 5. The third-order valence-corrected chi connectivity index (χ3v) is 6.00. The third kappa shape index (κ3) is 3.66. The Hall–Kier alpha value is -1.01. The molecule has 1 aliphatic carbocycles. The molecule has 5 nitrogen and oxygen atoms in total. The van der Waals surface area contributed by atoms with Crippen molar-refractivity contribution in [2.24, 2.45) is 5.73 Å². The van der Waals surface area contributed by atoms with Crippen molar-refractivity contribution < 1.29 is 4.79 Å². The molecule has 0 radical (unpaired) electrons. The minimum absolute atomic E-state index is 0.0234. The molecule has 1 aliphatic rings. The third-order valence-electron chi connectivity index (χ3n) is 4.70. The van der Waals surface area contributed by atoms with Crippen LogP contribution in [0.2, 0.25) is 0 Å². The molecule has 1 heterocycles. The van der Waals surface area contributed by atoms with Gasteiger partial charge in [-0.05, 0) is 51.3 Å². The van der Waals surface area contributed by atoms with E-state index in [-0.39, 0.29) is 10.7 Å². The van der Waals surface area contributed by atoms with Gasteiger partial charge in [0.1, 0.15) is 0 Å². The van der Waals surface area contributed by atoms with Crippen molar-refractivity contribution in [1.82, 2.24) is 15.1 Å². The van der Waals surface area contributed by atoms with Crippen LogP contribution in [-0.4, -0.2) is 45.1 Å². The van der Waals surface area contributed by atoms with Crippen LogP contribution >= 0.6 is 11.8 Å². The van der Waals surface area contributed by atoms with Gasteiger partial charge < -0.3 is 10.6 Å². The molecule has 2 rings (SSSR count). The molecule has 1 aromatic heterocycles. The molecule has 0 spiro atoms. The number of fused-ring (bicyclic) bond motifs is 1. The van der Waals surface area contributed by atoms with E-state index in [2.05, 4.69) is 10.2 Å². The molecule has 0 unspecified atom stereocenters. The highest BCUT2D eigenvalue weighted by Gasteiger charge is 2.33. The summed E-state index contributed by atoms with van der Waals surface area (Å²) in [7, 11) is 1.82. The Kier molecular flexibility index (Phi) is 5.55. The maximum atomic E-state index is 12.6. The van der Waals surface area contributed by atoms with Gasteiger partial charge in [-0.25, -0.2) is 0 Å². The van der Waals surface area contributed by atoms with Gasteiger partial charge in [0.15, 0.2) is 0 Å². The minimum atomic E-state index is -0.509. The summed E-state index contributed by atoms with van der Waals surface area (Å²) in [5, 5.41) is 7.60. The maximum Gasteiger partial charge on any atom is 0.240 e. The van der Waals surface area contributed by atoms with Crippen molar-refractivity contribution in [2.45, 2.75) is 63.3 Å². The number of hydrogen-bond acceptors (Lipinski definition) is 4. The van der Waals surface area contributed by atoms with Crippen LogP contribution in [0.15, 0.2) is 0 Å². The van der Waals surface area contributed by atoms with Crippen molar-refractivity contribution >= 4 is 17.7 Å². The van der Waals surface area contributed by atoms with Crippen LogP contribution in [0.4, 0.5) is 0 Å². The highest BCUT2D eigenvalue weighted by molar-refractivity contribution is 8.00. The number of aryl methyl sites for hydroxylation is 1. The summed E-state index contributed by atoms with van der Waals surface area (Å²) >= 11 is 1.62. The largest absolute Gasteiger partial charge is 0.338 e. The minimum Gasteiger partial charge on any atom is -0.338 e. The number of carbonyl (C=O) groups is 1. The van der Waals surface area contributed by atoms with Gasteiger partial charge in [0.2, 0.25) is 5.91 Å². The zero-order chi connectivity index (χ0) is 16.3. The van der Waals surface area contributed by atoms with Gasteiger partial charge in [0.25, 0.3) is 0 Å². The number of nitrogens with two attached hydrogens (primary N) is 1. The molecule has 22 heavy (non-hydrogen) atoms. The molecule has 0 fully saturated rings. The normalized spacial score (nSPS) is 16.8. The van der Waals surface area contributed by atoms with Gasteiger partial charge >= 0.3 is 0 Å². The Balaban J connectivity index is 2.07. The molecule has 1 amide bonds. The molecule has 0 saturated carbocycles. The lowest BCUT2D eigenvalue weighted by Crippen LogP contribution is -2.52. The Bertz CT molecular complexity index is 526. The summed E-state index contributed by atoms with van der Waals surface area (Å²) in [5.74, 6) is -0.0234. The summed E-state index contributed by atoms with van der Waals surface area (Å²) in [4.78, 5) is 14.3. The van der Waals surface area contributed by atoms with Crippen molar-refractivity contribution in [1.29, 1.82) is 0 Å². The number of nitrogens with zero attached hydrogens (tertiary/aromatic N) is 2. The van der Waals surface area contributed by atoms with Gasteiger partial charge in [0.05, 0.1) is 18.3 Å². The standard InChI is InChI=1S/C16H28N4OS/c1-16(2,22-4)14(17)15(21)20(3)10-13-11-8-6-5-7-9-12(11)18-19-13/h14H,5-10,17H2,1-4H3,(H,18,19)/t14-/m1/s1. The number of H-pyrrole nitrogens is 1. The summed E-state index contributed by atoms with van der Waals surface area (Å²) < 4.78 is -0.270. The van der Waals surface area contributed by atoms with Crippen molar-refractivity contribution in [3.63, 3.8) is 0 Å². The number of likely N-dealkylation sites (N-methyl/N-ethyl adjacent to an activating group) is 1. The first-order valence-electron chi connectivity index (χ1n) is 7.97. The predicted octanol–water partition coefficient (Wildman–Crippen LogP) is 2.11. The Morgan fingerprint density at radius 3 is 2.77 bits per heavy atom. The fourth-order valence-electron chi connectivity index (χ4n) is 2.82. The molecule has 0 bridgehead atoms. The van der Waals surface area contributed by atoms with Crippen LogP contribution in [-0.2, 0) is 24.2 Å². The maximum absolute atomic E-state index is 12.6. The van der Waals surface area contributed by atoms with Crippen LogP contribution in [0.3, 0.4) is 0 Å². The van der Waals surface area contributed by atoms with Crippen LogP contribution in [0, 0.1) is 0 Å².